The van der Waals surface area contributed by atoms with Crippen molar-refractivity contribution in [3.63, 3.8) is 0 Å². The van der Waals surface area contributed by atoms with Crippen LogP contribution in [0.25, 0.3) is 0 Å². The van der Waals surface area contributed by atoms with E-state index in [1.165, 1.54) is 9.80 Å². The molecule has 1 aromatic rings. The Labute approximate surface area is 148 Å². The third-order valence-electron chi connectivity index (χ3n) is 4.40. The molecule has 0 bridgehead atoms. The number of urea groups is 2. The Morgan fingerprint density at radius 2 is 1.79 bits per heavy atom. The number of aryl methyl sites for hydroxylation is 1. The number of thiol groups is 1. The number of hydrogen-bond acceptors (Lipinski definition) is 4. The maximum atomic E-state index is 12.3. The third-order valence-corrected chi connectivity index (χ3v) is 4.74. The Hall–Kier alpha value is -1.89. The van der Waals surface area contributed by atoms with Gasteiger partial charge in [0.25, 0.3) is 0 Å². The van der Waals surface area contributed by atoms with Crippen molar-refractivity contribution < 1.29 is 14.7 Å². The van der Waals surface area contributed by atoms with Gasteiger partial charge in [0, 0.05) is 13.6 Å². The number of phenols is 1. The van der Waals surface area contributed by atoms with Gasteiger partial charge in [0.1, 0.15) is 5.75 Å². The SMILES string of the molecule is Cc1cc(C(C)(C)C)c(O)c(C)c1CN1CN(C)C(=O)N(S)C1=O. The molecule has 1 N–H and O–H groups in total. The van der Waals surface area contributed by atoms with Crippen LogP contribution in [-0.4, -0.2) is 45.0 Å². The summed E-state index contributed by atoms with van der Waals surface area (Å²) in [4.78, 5) is 27.0. The van der Waals surface area contributed by atoms with E-state index in [0.717, 1.165) is 26.6 Å². The Balaban J connectivity index is 2.39. The molecule has 1 aromatic carbocycles. The summed E-state index contributed by atoms with van der Waals surface area (Å²) < 4.78 is 0.803. The normalized spacial score (nSPS) is 16.2. The first-order valence-corrected chi connectivity index (χ1v) is 8.20. The molecule has 0 radical (unpaired) electrons. The van der Waals surface area contributed by atoms with Crippen LogP contribution in [0.3, 0.4) is 0 Å². The molecule has 132 valence electrons. The third kappa shape index (κ3) is 3.17. The van der Waals surface area contributed by atoms with Gasteiger partial charge in [-0.1, -0.05) is 39.7 Å². The Morgan fingerprint density at radius 1 is 1.21 bits per heavy atom. The van der Waals surface area contributed by atoms with Crippen LogP contribution in [0.5, 0.6) is 5.75 Å². The number of carbonyl (C=O) groups excluding carboxylic acids is 2. The van der Waals surface area contributed by atoms with Crippen LogP contribution in [0.2, 0.25) is 0 Å². The van der Waals surface area contributed by atoms with Gasteiger partial charge in [0.05, 0.1) is 6.67 Å². The molecule has 1 fully saturated rings. The lowest BCUT2D eigenvalue weighted by Gasteiger charge is -2.37. The lowest BCUT2D eigenvalue weighted by atomic mass is 9.82. The summed E-state index contributed by atoms with van der Waals surface area (Å²) in [5.41, 5.74) is 3.37. The standard InChI is InChI=1S/C17H25N3O3S/c1-10-7-13(17(3,4)5)14(21)11(2)12(10)8-19-9-18(6)15(22)20(24)16(19)23/h7,21,24H,8-9H2,1-6H3. The minimum atomic E-state index is -0.459. The molecule has 0 aromatic heterocycles. The average molecular weight is 351 g/mol. The van der Waals surface area contributed by atoms with Crippen LogP contribution in [0, 0.1) is 13.8 Å². The van der Waals surface area contributed by atoms with Crippen molar-refractivity contribution in [3.8, 4) is 5.75 Å². The highest BCUT2D eigenvalue weighted by atomic mass is 32.1. The minimum absolute atomic E-state index is 0.173. The predicted molar refractivity (Wildman–Crippen MR) is 96.1 cm³/mol. The number of carbonyl (C=O) groups is 2. The van der Waals surface area contributed by atoms with Crippen LogP contribution in [-0.2, 0) is 12.0 Å². The van der Waals surface area contributed by atoms with Crippen LogP contribution in [0.1, 0.15) is 43.0 Å². The van der Waals surface area contributed by atoms with E-state index in [-0.39, 0.29) is 17.8 Å². The first-order valence-electron chi connectivity index (χ1n) is 7.80. The predicted octanol–water partition coefficient (Wildman–Crippen LogP) is 3.40. The second kappa shape index (κ2) is 6.20. The number of rotatable bonds is 2. The van der Waals surface area contributed by atoms with Crippen molar-refractivity contribution in [3.05, 3.63) is 28.3 Å². The van der Waals surface area contributed by atoms with Crippen LogP contribution in [0.15, 0.2) is 6.07 Å². The zero-order valence-corrected chi connectivity index (χ0v) is 15.9. The number of aromatic hydroxyl groups is 1. The van der Waals surface area contributed by atoms with Gasteiger partial charge in [0.15, 0.2) is 0 Å². The fourth-order valence-corrected chi connectivity index (χ4v) is 3.17. The van der Waals surface area contributed by atoms with E-state index in [1.807, 2.05) is 40.7 Å². The topological polar surface area (TPSA) is 64.1 Å². The van der Waals surface area contributed by atoms with E-state index in [9.17, 15) is 14.7 Å². The van der Waals surface area contributed by atoms with Crippen molar-refractivity contribution in [2.45, 2.75) is 46.6 Å². The number of imide groups is 1. The zero-order chi connectivity index (χ0) is 18.4. The smallest absolute Gasteiger partial charge is 0.340 e. The molecule has 1 heterocycles. The van der Waals surface area contributed by atoms with Crippen LogP contribution < -0.4 is 0 Å². The minimum Gasteiger partial charge on any atom is -0.507 e. The fourth-order valence-electron chi connectivity index (χ4n) is 2.89. The quantitative estimate of drug-likeness (QED) is 0.803. The number of hydrogen-bond donors (Lipinski definition) is 2. The molecule has 0 unspecified atom stereocenters. The van der Waals surface area contributed by atoms with Crippen molar-refractivity contribution >= 4 is 24.9 Å². The van der Waals surface area contributed by atoms with Gasteiger partial charge >= 0.3 is 12.1 Å². The molecule has 1 aliphatic rings. The van der Waals surface area contributed by atoms with Crippen molar-refractivity contribution in [2.24, 2.45) is 0 Å². The Kier molecular flexibility index (Phi) is 4.77. The summed E-state index contributed by atoms with van der Waals surface area (Å²) in [7, 11) is 1.62. The lowest BCUT2D eigenvalue weighted by molar-refractivity contribution is 0.110. The molecule has 2 rings (SSSR count). The van der Waals surface area contributed by atoms with E-state index in [4.69, 9.17) is 0 Å². The molecule has 0 aliphatic carbocycles. The molecule has 0 spiro atoms. The molecule has 6 nitrogen and oxygen atoms in total. The lowest BCUT2D eigenvalue weighted by Crippen LogP contribution is -2.56. The maximum Gasteiger partial charge on any atom is 0.340 e. The van der Waals surface area contributed by atoms with Crippen LogP contribution >= 0.6 is 12.8 Å². The van der Waals surface area contributed by atoms with Crippen LogP contribution in [0.4, 0.5) is 9.59 Å². The summed E-state index contributed by atoms with van der Waals surface area (Å²) in [6, 6.07) is 1.07. The van der Waals surface area contributed by atoms with E-state index in [2.05, 4.69) is 12.8 Å². The summed E-state index contributed by atoms with van der Waals surface area (Å²) in [6.45, 7) is 10.5. The van der Waals surface area contributed by atoms with Crippen molar-refractivity contribution in [1.82, 2.24) is 14.1 Å². The molecule has 0 atom stereocenters. The molecule has 1 saturated heterocycles. The summed E-state index contributed by atoms with van der Waals surface area (Å²) in [6.07, 6.45) is 0. The van der Waals surface area contributed by atoms with E-state index in [1.54, 1.807) is 7.05 Å². The van der Waals surface area contributed by atoms with Gasteiger partial charge in [0.2, 0.25) is 0 Å². The number of amides is 4. The maximum absolute atomic E-state index is 12.3. The van der Waals surface area contributed by atoms with Gasteiger partial charge < -0.3 is 14.9 Å². The van der Waals surface area contributed by atoms with E-state index in [0.29, 0.717) is 6.54 Å². The summed E-state index contributed by atoms with van der Waals surface area (Å²) in [5, 5.41) is 10.6. The number of nitrogens with zero attached hydrogens (tertiary/aromatic N) is 3. The van der Waals surface area contributed by atoms with E-state index >= 15 is 0 Å². The molecule has 0 saturated carbocycles. The van der Waals surface area contributed by atoms with Crippen molar-refractivity contribution in [1.29, 1.82) is 0 Å². The molecular formula is C17H25N3O3S. The van der Waals surface area contributed by atoms with E-state index < -0.39 is 12.1 Å². The highest BCUT2D eigenvalue weighted by Crippen LogP contribution is 2.37. The summed E-state index contributed by atoms with van der Waals surface area (Å²) >= 11 is 3.96. The number of phenolic OH excluding ortho intramolecular Hbond substituents is 1. The van der Waals surface area contributed by atoms with Gasteiger partial charge in [-0.2, -0.15) is 4.31 Å². The fraction of sp³-hybridized carbons (Fsp3) is 0.529. The largest absolute Gasteiger partial charge is 0.507 e. The van der Waals surface area contributed by atoms with Gasteiger partial charge in [-0.3, -0.25) is 0 Å². The summed E-state index contributed by atoms with van der Waals surface area (Å²) in [5.74, 6) is 0.264. The van der Waals surface area contributed by atoms with Crippen molar-refractivity contribution in [2.75, 3.05) is 13.7 Å². The van der Waals surface area contributed by atoms with Gasteiger partial charge in [-0.25, -0.2) is 9.59 Å². The second-order valence-electron chi connectivity index (χ2n) is 7.36. The Morgan fingerprint density at radius 3 is 2.33 bits per heavy atom. The highest BCUT2D eigenvalue weighted by molar-refractivity contribution is 7.79. The molecule has 4 amide bonds. The average Bonchev–Trinajstić information content (AvgIpc) is 2.48. The molecule has 1 aliphatic heterocycles. The number of benzene rings is 1. The first-order chi connectivity index (χ1) is 10.9. The molecular weight excluding hydrogens is 326 g/mol. The monoisotopic (exact) mass is 351 g/mol. The molecule has 7 heteroatoms. The highest BCUT2D eigenvalue weighted by Gasteiger charge is 2.34. The first kappa shape index (κ1) is 18.4. The van der Waals surface area contributed by atoms with Gasteiger partial charge in [-0.15, -0.1) is 0 Å². The second-order valence-corrected chi connectivity index (χ2v) is 7.76. The van der Waals surface area contributed by atoms with Gasteiger partial charge in [-0.05, 0) is 41.5 Å². The zero-order valence-electron chi connectivity index (χ0n) is 15.0. The Bertz CT molecular complexity index is 697. The molecule has 24 heavy (non-hydrogen) atoms.